The molecular weight excluding hydrogens is 298 g/mol. The first-order chi connectivity index (χ1) is 11.0. The van der Waals surface area contributed by atoms with Gasteiger partial charge < -0.3 is 20.3 Å². The number of methoxy groups -OCH3 is 1. The number of aromatic hydroxyl groups is 1. The number of aromatic carboxylic acids is 1. The molecule has 0 aliphatic heterocycles. The summed E-state index contributed by atoms with van der Waals surface area (Å²) in [5.74, 6) is -1.10. The number of carbonyl (C=O) groups excluding carboxylic acids is 1. The Bertz CT molecular complexity index is 750. The topological polar surface area (TPSA) is 95.9 Å². The SMILES string of the molecule is COc1ccc(C(=O)C=CNc2ccc(C(=O)O)c(O)c2)cc1. The van der Waals surface area contributed by atoms with Gasteiger partial charge in [-0.3, -0.25) is 4.79 Å². The Morgan fingerprint density at radius 3 is 2.39 bits per heavy atom. The van der Waals surface area contributed by atoms with Crippen molar-refractivity contribution in [1.82, 2.24) is 0 Å². The Hall–Kier alpha value is -3.28. The van der Waals surface area contributed by atoms with Gasteiger partial charge in [0.05, 0.1) is 7.11 Å². The van der Waals surface area contributed by atoms with E-state index in [9.17, 15) is 14.7 Å². The number of carboxylic acid groups (broad SMARTS) is 1. The average molecular weight is 313 g/mol. The van der Waals surface area contributed by atoms with E-state index >= 15 is 0 Å². The molecule has 0 spiro atoms. The van der Waals surface area contributed by atoms with E-state index in [2.05, 4.69) is 5.32 Å². The van der Waals surface area contributed by atoms with Crippen LogP contribution in [0.4, 0.5) is 5.69 Å². The number of hydrogen-bond acceptors (Lipinski definition) is 5. The zero-order valence-electron chi connectivity index (χ0n) is 12.3. The Labute approximate surface area is 132 Å². The third-order valence-electron chi connectivity index (χ3n) is 3.09. The summed E-state index contributed by atoms with van der Waals surface area (Å²) in [6.45, 7) is 0. The van der Waals surface area contributed by atoms with Gasteiger partial charge >= 0.3 is 5.97 Å². The molecule has 3 N–H and O–H groups in total. The van der Waals surface area contributed by atoms with Gasteiger partial charge in [0.25, 0.3) is 0 Å². The van der Waals surface area contributed by atoms with Crippen LogP contribution in [-0.4, -0.2) is 29.1 Å². The minimum atomic E-state index is -1.21. The number of benzene rings is 2. The van der Waals surface area contributed by atoms with Crippen LogP contribution in [0, 0.1) is 0 Å². The summed E-state index contributed by atoms with van der Waals surface area (Å²) >= 11 is 0. The smallest absolute Gasteiger partial charge is 0.339 e. The minimum Gasteiger partial charge on any atom is -0.507 e. The van der Waals surface area contributed by atoms with E-state index < -0.39 is 5.97 Å². The van der Waals surface area contributed by atoms with Crippen molar-refractivity contribution in [2.45, 2.75) is 0 Å². The summed E-state index contributed by atoms with van der Waals surface area (Å²) in [5, 5.41) is 21.2. The summed E-state index contributed by atoms with van der Waals surface area (Å²) in [7, 11) is 1.55. The minimum absolute atomic E-state index is 0.186. The molecule has 6 heteroatoms. The first kappa shape index (κ1) is 16.1. The molecule has 0 saturated carbocycles. The molecule has 118 valence electrons. The molecule has 0 aliphatic carbocycles. The Kier molecular flexibility index (Phi) is 4.99. The van der Waals surface area contributed by atoms with Crippen LogP contribution in [0.3, 0.4) is 0 Å². The standard InChI is InChI=1S/C17H15NO5/c1-23-13-5-2-11(3-6-13)15(19)8-9-18-12-4-7-14(17(21)22)16(20)10-12/h2-10,18,20H,1H3,(H,21,22). The number of carboxylic acids is 1. The number of allylic oxidation sites excluding steroid dienone is 1. The first-order valence-electron chi connectivity index (χ1n) is 6.69. The highest BCUT2D eigenvalue weighted by molar-refractivity contribution is 6.04. The molecule has 6 nitrogen and oxygen atoms in total. The zero-order chi connectivity index (χ0) is 16.8. The zero-order valence-corrected chi connectivity index (χ0v) is 12.3. The highest BCUT2D eigenvalue weighted by Crippen LogP contribution is 2.22. The van der Waals surface area contributed by atoms with Crippen LogP contribution >= 0.6 is 0 Å². The lowest BCUT2D eigenvalue weighted by Crippen LogP contribution is -1.98. The normalized spacial score (nSPS) is 10.5. The molecule has 0 radical (unpaired) electrons. The predicted molar refractivity (Wildman–Crippen MR) is 85.2 cm³/mol. The lowest BCUT2D eigenvalue weighted by molar-refractivity contribution is 0.0693. The van der Waals surface area contributed by atoms with E-state index in [1.807, 2.05) is 0 Å². The molecule has 0 bridgehead atoms. The molecule has 0 amide bonds. The molecule has 2 rings (SSSR count). The molecule has 0 aromatic heterocycles. The van der Waals surface area contributed by atoms with Gasteiger partial charge in [0.1, 0.15) is 17.1 Å². The third kappa shape index (κ3) is 4.10. The molecule has 0 saturated heterocycles. The van der Waals surface area contributed by atoms with Crippen molar-refractivity contribution in [3.05, 3.63) is 65.9 Å². The van der Waals surface area contributed by atoms with Gasteiger partial charge in [-0.1, -0.05) is 0 Å². The maximum Gasteiger partial charge on any atom is 0.339 e. The number of ketones is 1. The average Bonchev–Trinajstić information content (AvgIpc) is 2.54. The number of phenols is 1. The fraction of sp³-hybridized carbons (Fsp3) is 0.0588. The summed E-state index contributed by atoms with van der Waals surface area (Å²) in [4.78, 5) is 22.7. The molecule has 0 aliphatic rings. The van der Waals surface area contributed by atoms with Gasteiger partial charge in [0, 0.05) is 29.6 Å². The highest BCUT2D eigenvalue weighted by Gasteiger charge is 2.09. The molecule has 2 aromatic carbocycles. The molecule has 0 fully saturated rings. The summed E-state index contributed by atoms with van der Waals surface area (Å²) in [5.41, 5.74) is 0.785. The second-order valence-corrected chi connectivity index (χ2v) is 4.61. The summed E-state index contributed by atoms with van der Waals surface area (Å²) < 4.78 is 5.02. The Balaban J connectivity index is 2.01. The van der Waals surface area contributed by atoms with E-state index in [0.29, 0.717) is 17.0 Å². The van der Waals surface area contributed by atoms with Crippen LogP contribution in [0.2, 0.25) is 0 Å². The van der Waals surface area contributed by atoms with Crippen LogP contribution in [0.5, 0.6) is 11.5 Å². The van der Waals surface area contributed by atoms with Crippen molar-refractivity contribution in [1.29, 1.82) is 0 Å². The fourth-order valence-corrected chi connectivity index (χ4v) is 1.87. The van der Waals surface area contributed by atoms with E-state index in [1.54, 1.807) is 31.4 Å². The van der Waals surface area contributed by atoms with E-state index in [0.717, 1.165) is 0 Å². The number of ether oxygens (including phenoxy) is 1. The summed E-state index contributed by atoms with van der Waals surface area (Å²) in [6, 6.07) is 10.7. The van der Waals surface area contributed by atoms with Gasteiger partial charge in [-0.25, -0.2) is 4.79 Å². The van der Waals surface area contributed by atoms with Gasteiger partial charge in [-0.05, 0) is 36.4 Å². The monoisotopic (exact) mass is 313 g/mol. The molecule has 0 unspecified atom stereocenters. The lowest BCUT2D eigenvalue weighted by Gasteiger charge is -2.04. The Morgan fingerprint density at radius 2 is 1.83 bits per heavy atom. The molecular formula is C17H15NO5. The van der Waals surface area contributed by atoms with Crippen LogP contribution in [0.1, 0.15) is 20.7 Å². The van der Waals surface area contributed by atoms with Crippen LogP contribution < -0.4 is 10.1 Å². The van der Waals surface area contributed by atoms with Gasteiger partial charge in [-0.2, -0.15) is 0 Å². The van der Waals surface area contributed by atoms with Gasteiger partial charge in [0.2, 0.25) is 0 Å². The van der Waals surface area contributed by atoms with Crippen molar-refractivity contribution < 1.29 is 24.5 Å². The quantitative estimate of drug-likeness (QED) is 0.560. The van der Waals surface area contributed by atoms with Crippen molar-refractivity contribution in [3.8, 4) is 11.5 Å². The first-order valence-corrected chi connectivity index (χ1v) is 6.69. The number of hydrogen-bond donors (Lipinski definition) is 3. The van der Waals surface area contributed by atoms with Crippen molar-refractivity contribution >= 4 is 17.4 Å². The van der Waals surface area contributed by atoms with Crippen molar-refractivity contribution in [3.63, 3.8) is 0 Å². The third-order valence-corrected chi connectivity index (χ3v) is 3.09. The lowest BCUT2D eigenvalue weighted by atomic mass is 10.1. The van der Waals surface area contributed by atoms with Crippen LogP contribution in [0.15, 0.2) is 54.7 Å². The van der Waals surface area contributed by atoms with Gasteiger partial charge in [-0.15, -0.1) is 0 Å². The fourth-order valence-electron chi connectivity index (χ4n) is 1.87. The second-order valence-electron chi connectivity index (χ2n) is 4.61. The predicted octanol–water partition coefficient (Wildman–Crippen LogP) is 2.91. The van der Waals surface area contributed by atoms with Gasteiger partial charge in [0.15, 0.2) is 5.78 Å². The number of carbonyl (C=O) groups is 2. The number of nitrogens with one attached hydrogen (secondary N) is 1. The largest absolute Gasteiger partial charge is 0.507 e. The molecule has 0 atom stereocenters. The second kappa shape index (κ2) is 7.13. The number of anilines is 1. The molecule has 23 heavy (non-hydrogen) atoms. The van der Waals surface area contributed by atoms with Crippen LogP contribution in [0.25, 0.3) is 0 Å². The highest BCUT2D eigenvalue weighted by atomic mass is 16.5. The van der Waals surface area contributed by atoms with E-state index in [1.165, 1.54) is 30.5 Å². The molecule has 2 aromatic rings. The molecule has 0 heterocycles. The van der Waals surface area contributed by atoms with Crippen molar-refractivity contribution in [2.75, 3.05) is 12.4 Å². The maximum absolute atomic E-state index is 12.0. The number of rotatable bonds is 6. The Morgan fingerprint density at radius 1 is 1.13 bits per heavy atom. The van der Waals surface area contributed by atoms with E-state index in [-0.39, 0.29) is 17.1 Å². The van der Waals surface area contributed by atoms with Crippen molar-refractivity contribution in [2.24, 2.45) is 0 Å². The summed E-state index contributed by atoms with van der Waals surface area (Å²) in [6.07, 6.45) is 2.76. The maximum atomic E-state index is 12.0. The van der Waals surface area contributed by atoms with Crippen LogP contribution in [-0.2, 0) is 0 Å². The van der Waals surface area contributed by atoms with E-state index in [4.69, 9.17) is 9.84 Å².